The van der Waals surface area contributed by atoms with Crippen LogP contribution in [0.5, 0.6) is 0 Å². The largest absolute Gasteiger partial charge is 0.298 e. The first-order valence-corrected chi connectivity index (χ1v) is 3.33. The highest BCUT2D eigenvalue weighted by Crippen LogP contribution is 2.28. The van der Waals surface area contributed by atoms with Crippen LogP contribution >= 0.6 is 11.6 Å². The number of benzene rings is 1. The molecule has 0 fully saturated rings. The summed E-state index contributed by atoms with van der Waals surface area (Å²) in [6.07, 6.45) is 0.692. The molecule has 0 saturated heterocycles. The Balaban J connectivity index is 2.79. The number of fused-ring (bicyclic) bond motifs is 1. The molecule has 1 heterocycles. The summed E-state index contributed by atoms with van der Waals surface area (Å²) in [5.41, 5.74) is 1.32. The van der Waals surface area contributed by atoms with E-state index in [1.165, 1.54) is 0 Å². The molecule has 0 radical (unpaired) electrons. The fourth-order valence-corrected chi connectivity index (χ4v) is 1.04. The van der Waals surface area contributed by atoms with Crippen LogP contribution in [0.3, 0.4) is 0 Å². The third-order valence-electron chi connectivity index (χ3n) is 1.43. The molecule has 0 aliphatic carbocycles. The maximum atomic E-state index is 10.3. The first-order valence-electron chi connectivity index (χ1n) is 2.95. The highest BCUT2D eigenvalue weighted by Gasteiger charge is 2.13. The first kappa shape index (κ1) is 6.49. The molecule has 2 aromatic rings. The zero-order valence-electron chi connectivity index (χ0n) is 5.33. The number of hydrogen-bond donors (Lipinski definition) is 0. The Morgan fingerprint density at radius 1 is 1.27 bits per heavy atom. The summed E-state index contributed by atoms with van der Waals surface area (Å²) < 4.78 is 9.12. The lowest BCUT2D eigenvalue weighted by molar-refractivity contribution is 0.0581. The Morgan fingerprint density at radius 2 is 2.00 bits per heavy atom. The van der Waals surface area contributed by atoms with Crippen molar-refractivity contribution in [3.05, 3.63) is 22.7 Å². The van der Waals surface area contributed by atoms with Crippen LogP contribution in [0.4, 0.5) is 0 Å². The Bertz CT molecular complexity index is 399. The van der Waals surface area contributed by atoms with Gasteiger partial charge in [0.25, 0.3) is 0 Å². The van der Waals surface area contributed by atoms with E-state index < -0.39 is 0 Å². The van der Waals surface area contributed by atoms with Crippen molar-refractivity contribution >= 4 is 29.1 Å². The molecule has 0 N–H and O–H groups in total. The van der Waals surface area contributed by atoms with Crippen molar-refractivity contribution < 1.29 is 13.9 Å². The van der Waals surface area contributed by atoms with Crippen molar-refractivity contribution in [2.45, 2.75) is 0 Å². The number of carbonyl (C=O) groups is 1. The molecule has 0 unspecified atom stereocenters. The molecule has 3 nitrogen and oxygen atoms in total. The first-order chi connectivity index (χ1) is 5.33. The molecule has 0 amide bonds. The summed E-state index contributed by atoms with van der Waals surface area (Å²) in [6.45, 7) is 0. The zero-order valence-corrected chi connectivity index (χ0v) is 6.09. The minimum Gasteiger partial charge on any atom is -0.298 e. The third kappa shape index (κ3) is 0.778. The van der Waals surface area contributed by atoms with Gasteiger partial charge >= 0.3 is 0 Å². The minimum absolute atomic E-state index is 0.424. The van der Waals surface area contributed by atoms with E-state index in [1.807, 2.05) is 0 Å². The van der Waals surface area contributed by atoms with Gasteiger partial charge in [0.15, 0.2) is 6.29 Å². The predicted molar refractivity (Wildman–Crippen MR) is 38.9 cm³/mol. The van der Waals surface area contributed by atoms with Gasteiger partial charge in [-0.1, -0.05) is 11.6 Å². The van der Waals surface area contributed by atoms with Gasteiger partial charge in [-0.05, 0) is 12.1 Å². The van der Waals surface area contributed by atoms with Gasteiger partial charge in [-0.2, -0.15) is 0 Å². The lowest BCUT2D eigenvalue weighted by Gasteiger charge is -2.00. The average molecular weight is 171 g/mol. The molecule has 11 heavy (non-hydrogen) atoms. The van der Waals surface area contributed by atoms with Crippen LogP contribution in [-0.4, -0.2) is 6.29 Å². The fraction of sp³-hybridized carbons (Fsp3) is 0. The number of aldehydes is 1. The van der Waals surface area contributed by atoms with E-state index in [1.54, 1.807) is 12.1 Å². The van der Waals surface area contributed by atoms with Crippen LogP contribution in [0.15, 0.2) is 21.3 Å². The Hall–Kier alpha value is -1.22. The van der Waals surface area contributed by atoms with Gasteiger partial charge in [0.05, 0.1) is 10.6 Å². The Labute approximate surface area is 66.5 Å². The van der Waals surface area contributed by atoms with Crippen LogP contribution in [-0.2, 0) is 0 Å². The molecule has 0 saturated carbocycles. The maximum Gasteiger partial charge on any atom is 0.244 e. The molecule has 0 atom stereocenters. The van der Waals surface area contributed by atoms with E-state index >= 15 is 0 Å². The molecule has 1 aromatic carbocycles. The van der Waals surface area contributed by atoms with Crippen LogP contribution in [0.2, 0.25) is 5.02 Å². The van der Waals surface area contributed by atoms with Crippen molar-refractivity contribution in [1.82, 2.24) is 0 Å². The van der Waals surface area contributed by atoms with Gasteiger partial charge in [0.2, 0.25) is 11.2 Å². The molecule has 1 aromatic heterocycles. The van der Waals surface area contributed by atoms with Crippen molar-refractivity contribution in [3.63, 3.8) is 0 Å². The molecule has 0 aliphatic rings. The highest BCUT2D eigenvalue weighted by atomic mass is 35.5. The SMILES string of the molecule is O=Cc1ccc(Cl)c2ooc12. The lowest BCUT2D eigenvalue weighted by atomic mass is 10.2. The van der Waals surface area contributed by atoms with Gasteiger partial charge < -0.3 is 0 Å². The Kier molecular flexibility index (Phi) is 1.26. The maximum absolute atomic E-state index is 10.3. The van der Waals surface area contributed by atoms with E-state index in [2.05, 4.69) is 9.15 Å². The zero-order chi connectivity index (χ0) is 7.84. The van der Waals surface area contributed by atoms with E-state index in [9.17, 15) is 4.79 Å². The van der Waals surface area contributed by atoms with Crippen molar-refractivity contribution in [3.8, 4) is 0 Å². The van der Waals surface area contributed by atoms with Gasteiger partial charge in [0, 0.05) is 0 Å². The van der Waals surface area contributed by atoms with E-state index in [0.717, 1.165) is 0 Å². The van der Waals surface area contributed by atoms with E-state index in [0.29, 0.717) is 28.0 Å². The van der Waals surface area contributed by atoms with E-state index in [4.69, 9.17) is 11.6 Å². The van der Waals surface area contributed by atoms with Crippen LogP contribution < -0.4 is 0 Å². The third-order valence-corrected chi connectivity index (χ3v) is 1.73. The standard InChI is InChI=1S/C7H3ClO3/c8-5-2-1-4(3-9)6-7(5)11-10-6/h1-3H. The minimum atomic E-state index is 0.424. The number of carbonyl (C=O) groups excluding carboxylic acids is 1. The van der Waals surface area contributed by atoms with Crippen LogP contribution in [0.1, 0.15) is 10.4 Å². The van der Waals surface area contributed by atoms with Crippen LogP contribution in [0.25, 0.3) is 11.2 Å². The quantitative estimate of drug-likeness (QED) is 0.488. The second-order valence-electron chi connectivity index (χ2n) is 2.08. The summed E-state index contributed by atoms with van der Waals surface area (Å²) in [4.78, 5) is 10.3. The second-order valence-corrected chi connectivity index (χ2v) is 2.49. The molecule has 4 heteroatoms. The van der Waals surface area contributed by atoms with Gasteiger partial charge in [-0.15, -0.1) is 0 Å². The van der Waals surface area contributed by atoms with Gasteiger partial charge in [-0.25, -0.2) is 0 Å². The molecule has 0 spiro atoms. The van der Waals surface area contributed by atoms with E-state index in [-0.39, 0.29) is 0 Å². The molecular weight excluding hydrogens is 168 g/mol. The summed E-state index contributed by atoms with van der Waals surface area (Å²) in [7, 11) is 0. The summed E-state index contributed by atoms with van der Waals surface area (Å²) in [5.74, 6) is 0. The molecule has 0 aliphatic heterocycles. The number of hydrogen-bond acceptors (Lipinski definition) is 3. The monoisotopic (exact) mass is 170 g/mol. The van der Waals surface area contributed by atoms with Crippen LogP contribution in [0, 0.1) is 0 Å². The van der Waals surface area contributed by atoms with Crippen molar-refractivity contribution in [1.29, 1.82) is 0 Å². The predicted octanol–water partition coefficient (Wildman–Crippen LogP) is 2.49. The lowest BCUT2D eigenvalue weighted by Crippen LogP contribution is -1.85. The number of halogens is 1. The number of rotatable bonds is 1. The van der Waals surface area contributed by atoms with Gasteiger partial charge in [0.1, 0.15) is 0 Å². The van der Waals surface area contributed by atoms with Crippen molar-refractivity contribution in [2.75, 3.05) is 0 Å². The van der Waals surface area contributed by atoms with Crippen molar-refractivity contribution in [2.24, 2.45) is 0 Å². The Morgan fingerprint density at radius 3 is 2.55 bits per heavy atom. The normalized spacial score (nSPS) is 10.6. The summed E-state index contributed by atoms with van der Waals surface area (Å²) >= 11 is 5.67. The summed E-state index contributed by atoms with van der Waals surface area (Å²) in [6, 6.07) is 3.17. The molecular formula is C7H3ClO3. The highest BCUT2D eigenvalue weighted by molar-refractivity contribution is 6.35. The topological polar surface area (TPSA) is 43.4 Å². The second kappa shape index (κ2) is 2.13. The smallest absolute Gasteiger partial charge is 0.244 e. The molecule has 2 rings (SSSR count). The molecule has 56 valence electrons. The fourth-order valence-electron chi connectivity index (χ4n) is 0.860. The average Bonchev–Trinajstić information content (AvgIpc) is 1.93. The molecule has 0 bridgehead atoms. The summed E-state index contributed by atoms with van der Waals surface area (Å²) in [5, 5.41) is 0.455. The van der Waals surface area contributed by atoms with Gasteiger partial charge in [-0.3, -0.25) is 13.9 Å².